The van der Waals surface area contributed by atoms with Crippen LogP contribution >= 0.6 is 0 Å². The van der Waals surface area contributed by atoms with Crippen LogP contribution in [0.4, 0.5) is 14.6 Å². The maximum Gasteiger partial charge on any atom is 0.327 e. The number of H-pyrrole nitrogens is 2. The molecule has 8 heteroatoms. The van der Waals surface area contributed by atoms with E-state index in [-0.39, 0.29) is 5.82 Å². The number of amides is 1. The fourth-order valence-corrected chi connectivity index (χ4v) is 1.44. The Morgan fingerprint density at radius 1 is 1.11 bits per heavy atom. The molecule has 2 rings (SSSR count). The Morgan fingerprint density at radius 3 is 2.32 bits per heavy atom. The molecular weight excluding hydrogens is 260 g/mol. The summed E-state index contributed by atoms with van der Waals surface area (Å²) in [6.45, 7) is 0. The summed E-state index contributed by atoms with van der Waals surface area (Å²) in [4.78, 5) is 37.6. The van der Waals surface area contributed by atoms with Gasteiger partial charge in [0.2, 0.25) is 0 Å². The Hall–Kier alpha value is -2.77. The number of rotatable bonds is 2. The molecule has 1 aromatic heterocycles. The van der Waals surface area contributed by atoms with Crippen molar-refractivity contribution in [2.75, 3.05) is 5.32 Å². The molecular formula is C11H7F2N3O3. The second-order valence-corrected chi connectivity index (χ2v) is 3.55. The molecule has 0 saturated heterocycles. The van der Waals surface area contributed by atoms with Crippen molar-refractivity contribution in [3.8, 4) is 0 Å². The molecule has 0 radical (unpaired) electrons. The minimum Gasteiger partial charge on any atom is -0.308 e. The van der Waals surface area contributed by atoms with E-state index in [1.807, 2.05) is 10.3 Å². The third-order valence-corrected chi connectivity index (χ3v) is 2.20. The average molecular weight is 267 g/mol. The molecule has 0 aliphatic rings. The van der Waals surface area contributed by atoms with Gasteiger partial charge in [0.25, 0.3) is 11.5 Å². The number of hydrogen-bond acceptors (Lipinski definition) is 3. The number of benzene rings is 1. The molecule has 0 fully saturated rings. The van der Waals surface area contributed by atoms with Gasteiger partial charge in [0.1, 0.15) is 23.0 Å². The lowest BCUT2D eigenvalue weighted by molar-refractivity contribution is 0.101. The number of aromatic nitrogens is 2. The smallest absolute Gasteiger partial charge is 0.308 e. The lowest BCUT2D eigenvalue weighted by Crippen LogP contribution is -2.25. The van der Waals surface area contributed by atoms with Crippen LogP contribution in [0.2, 0.25) is 0 Å². The van der Waals surface area contributed by atoms with Gasteiger partial charge in [-0.15, -0.1) is 0 Å². The molecule has 98 valence electrons. The molecule has 2 aromatic rings. The van der Waals surface area contributed by atoms with E-state index in [9.17, 15) is 23.2 Å². The highest BCUT2D eigenvalue weighted by molar-refractivity contribution is 6.04. The third-order valence-electron chi connectivity index (χ3n) is 2.20. The predicted octanol–water partition coefficient (Wildman–Crippen LogP) is 0.594. The van der Waals surface area contributed by atoms with Crippen LogP contribution < -0.4 is 16.6 Å². The van der Waals surface area contributed by atoms with Gasteiger partial charge in [0.05, 0.1) is 0 Å². The number of nitrogens with one attached hydrogen (secondary N) is 3. The molecule has 0 atom stereocenters. The molecule has 0 unspecified atom stereocenters. The van der Waals surface area contributed by atoms with Gasteiger partial charge in [-0.3, -0.25) is 19.6 Å². The van der Waals surface area contributed by atoms with Crippen molar-refractivity contribution in [1.29, 1.82) is 0 Å². The first-order chi connectivity index (χ1) is 8.97. The van der Waals surface area contributed by atoms with Gasteiger partial charge in [0.15, 0.2) is 0 Å². The Balaban J connectivity index is 2.36. The van der Waals surface area contributed by atoms with Gasteiger partial charge < -0.3 is 5.32 Å². The first-order valence-corrected chi connectivity index (χ1v) is 5.06. The van der Waals surface area contributed by atoms with Crippen molar-refractivity contribution < 1.29 is 13.6 Å². The maximum absolute atomic E-state index is 13.3. The Morgan fingerprint density at radius 2 is 1.74 bits per heavy atom. The van der Waals surface area contributed by atoms with Crippen molar-refractivity contribution in [3.63, 3.8) is 0 Å². The molecule has 19 heavy (non-hydrogen) atoms. The van der Waals surface area contributed by atoms with Gasteiger partial charge in [-0.05, 0) is 12.1 Å². The molecule has 0 aliphatic carbocycles. The highest BCUT2D eigenvalue weighted by atomic mass is 19.1. The minimum atomic E-state index is -1.11. The molecule has 0 aliphatic heterocycles. The lowest BCUT2D eigenvalue weighted by Gasteiger charge is -2.06. The molecule has 0 spiro atoms. The van der Waals surface area contributed by atoms with E-state index in [1.54, 1.807) is 0 Å². The van der Waals surface area contributed by atoms with Crippen molar-refractivity contribution in [1.82, 2.24) is 9.97 Å². The molecule has 0 bridgehead atoms. The normalized spacial score (nSPS) is 10.2. The zero-order valence-electron chi connectivity index (χ0n) is 9.29. The number of carbonyl (C=O) groups is 1. The molecule has 1 aromatic carbocycles. The SMILES string of the molecule is O=C(Nc1cc(=O)[nH]c(=O)[nH]1)c1c(F)cccc1F. The van der Waals surface area contributed by atoms with Crippen LogP contribution in [0.15, 0.2) is 33.9 Å². The quantitative estimate of drug-likeness (QED) is 0.743. The van der Waals surface area contributed by atoms with E-state index in [0.29, 0.717) is 0 Å². The monoisotopic (exact) mass is 267 g/mol. The number of aromatic amines is 2. The summed E-state index contributed by atoms with van der Waals surface area (Å²) in [6, 6.07) is 3.81. The summed E-state index contributed by atoms with van der Waals surface area (Å²) >= 11 is 0. The molecule has 1 amide bonds. The maximum atomic E-state index is 13.3. The third kappa shape index (κ3) is 2.73. The highest BCUT2D eigenvalue weighted by Crippen LogP contribution is 2.13. The van der Waals surface area contributed by atoms with Crippen LogP contribution in [0.3, 0.4) is 0 Å². The summed E-state index contributed by atoms with van der Waals surface area (Å²) < 4.78 is 26.6. The Labute approximate surface area is 104 Å². The lowest BCUT2D eigenvalue weighted by atomic mass is 10.2. The predicted molar refractivity (Wildman–Crippen MR) is 62.0 cm³/mol. The summed E-state index contributed by atoms with van der Waals surface area (Å²) in [5.41, 5.74) is -2.41. The van der Waals surface area contributed by atoms with E-state index < -0.39 is 34.4 Å². The molecule has 6 nitrogen and oxygen atoms in total. The van der Waals surface area contributed by atoms with E-state index in [2.05, 4.69) is 4.98 Å². The summed E-state index contributed by atoms with van der Waals surface area (Å²) in [5, 5.41) is 2.03. The fourth-order valence-electron chi connectivity index (χ4n) is 1.44. The van der Waals surface area contributed by atoms with Crippen molar-refractivity contribution in [3.05, 3.63) is 62.3 Å². The van der Waals surface area contributed by atoms with Crippen molar-refractivity contribution >= 4 is 11.7 Å². The van der Waals surface area contributed by atoms with E-state index in [0.717, 1.165) is 24.3 Å². The van der Waals surface area contributed by atoms with Crippen molar-refractivity contribution in [2.45, 2.75) is 0 Å². The van der Waals surface area contributed by atoms with Gasteiger partial charge in [-0.1, -0.05) is 6.07 Å². The van der Waals surface area contributed by atoms with E-state index >= 15 is 0 Å². The van der Waals surface area contributed by atoms with Gasteiger partial charge in [-0.2, -0.15) is 0 Å². The first-order valence-electron chi connectivity index (χ1n) is 5.06. The minimum absolute atomic E-state index is 0.263. The van der Waals surface area contributed by atoms with Gasteiger partial charge >= 0.3 is 5.69 Å². The van der Waals surface area contributed by atoms with Crippen LogP contribution in [-0.4, -0.2) is 15.9 Å². The molecule has 1 heterocycles. The zero-order chi connectivity index (χ0) is 14.0. The van der Waals surface area contributed by atoms with Gasteiger partial charge in [0, 0.05) is 6.07 Å². The van der Waals surface area contributed by atoms with Crippen LogP contribution in [0.1, 0.15) is 10.4 Å². The first kappa shape index (κ1) is 12.7. The van der Waals surface area contributed by atoms with Crippen LogP contribution in [-0.2, 0) is 0 Å². The van der Waals surface area contributed by atoms with Crippen LogP contribution in [0.25, 0.3) is 0 Å². The number of halogens is 2. The number of anilines is 1. The number of carbonyl (C=O) groups excluding carboxylic acids is 1. The number of hydrogen-bond donors (Lipinski definition) is 3. The Bertz CT molecular complexity index is 703. The topological polar surface area (TPSA) is 94.8 Å². The standard InChI is InChI=1S/C11H7F2N3O3/c12-5-2-1-3-6(13)9(5)10(18)14-7-4-8(17)16-11(19)15-7/h1-4H,(H3,14,15,16,17,18,19). The second-order valence-electron chi connectivity index (χ2n) is 3.55. The fraction of sp³-hybridized carbons (Fsp3) is 0. The molecule has 0 saturated carbocycles. The zero-order valence-corrected chi connectivity index (χ0v) is 9.29. The van der Waals surface area contributed by atoms with E-state index in [4.69, 9.17) is 0 Å². The van der Waals surface area contributed by atoms with E-state index in [1.165, 1.54) is 0 Å². The summed E-state index contributed by atoms with van der Waals surface area (Å²) in [7, 11) is 0. The van der Waals surface area contributed by atoms with Crippen LogP contribution in [0.5, 0.6) is 0 Å². The highest BCUT2D eigenvalue weighted by Gasteiger charge is 2.17. The van der Waals surface area contributed by atoms with Crippen molar-refractivity contribution in [2.24, 2.45) is 0 Å². The largest absolute Gasteiger partial charge is 0.327 e. The molecule has 3 N–H and O–H groups in total. The summed E-state index contributed by atoms with van der Waals surface area (Å²) in [6.07, 6.45) is 0. The van der Waals surface area contributed by atoms with Crippen LogP contribution in [0, 0.1) is 11.6 Å². The average Bonchev–Trinajstić information content (AvgIpc) is 2.26. The second kappa shape index (κ2) is 4.84. The van der Waals surface area contributed by atoms with Gasteiger partial charge in [-0.25, -0.2) is 13.6 Å². The Kier molecular flexibility index (Phi) is 3.23. The summed E-state index contributed by atoms with van der Waals surface area (Å²) in [5.74, 6) is -3.48.